The molecule has 0 fully saturated rings. The monoisotopic (exact) mass is 272 g/mol. The molecule has 0 heterocycles. The molecular weight excluding hydrogens is 255 g/mol. The quantitative estimate of drug-likeness (QED) is 0.866. The van der Waals surface area contributed by atoms with Gasteiger partial charge in [0.05, 0.1) is 10.9 Å². The predicted octanol–water partition coefficient (Wildman–Crippen LogP) is 3.04. The molecule has 0 saturated heterocycles. The number of nitrogens with one attached hydrogen (secondary N) is 1. The van der Waals surface area contributed by atoms with Gasteiger partial charge in [0.2, 0.25) is 5.91 Å². The van der Waals surface area contributed by atoms with Gasteiger partial charge in [0.25, 0.3) is 0 Å². The molecule has 0 aliphatic carbocycles. The minimum Gasteiger partial charge on any atom is -0.330 e. The van der Waals surface area contributed by atoms with Gasteiger partial charge in [-0.25, -0.2) is 4.39 Å². The molecule has 3 N–H and O–H groups in total. The SMILES string of the molecule is CC(C)CC(CN)C(=O)Nc1ccc(F)c(Cl)c1. The Morgan fingerprint density at radius 1 is 1.50 bits per heavy atom. The molecule has 5 heteroatoms. The Hall–Kier alpha value is -1.13. The van der Waals surface area contributed by atoms with E-state index >= 15 is 0 Å². The van der Waals surface area contributed by atoms with E-state index in [-0.39, 0.29) is 16.8 Å². The van der Waals surface area contributed by atoms with Crippen LogP contribution in [0.15, 0.2) is 18.2 Å². The summed E-state index contributed by atoms with van der Waals surface area (Å²) in [7, 11) is 0. The lowest BCUT2D eigenvalue weighted by Gasteiger charge is -2.16. The van der Waals surface area contributed by atoms with E-state index in [1.165, 1.54) is 18.2 Å². The topological polar surface area (TPSA) is 55.1 Å². The summed E-state index contributed by atoms with van der Waals surface area (Å²) in [6, 6.07) is 4.08. The van der Waals surface area contributed by atoms with Gasteiger partial charge in [0.15, 0.2) is 0 Å². The van der Waals surface area contributed by atoms with E-state index in [0.717, 1.165) is 6.42 Å². The molecule has 0 aliphatic rings. The highest BCUT2D eigenvalue weighted by molar-refractivity contribution is 6.31. The molecule has 1 rings (SSSR count). The van der Waals surface area contributed by atoms with Crippen LogP contribution in [0.4, 0.5) is 10.1 Å². The molecule has 18 heavy (non-hydrogen) atoms. The molecule has 1 aromatic rings. The lowest BCUT2D eigenvalue weighted by atomic mass is 9.96. The predicted molar refractivity (Wildman–Crippen MR) is 72.0 cm³/mol. The molecule has 0 saturated carbocycles. The van der Waals surface area contributed by atoms with Crippen molar-refractivity contribution in [1.82, 2.24) is 0 Å². The second-order valence-corrected chi connectivity index (χ2v) is 5.09. The summed E-state index contributed by atoms with van der Waals surface area (Å²) in [6.07, 6.45) is 0.720. The fraction of sp³-hybridized carbons (Fsp3) is 0.462. The van der Waals surface area contributed by atoms with Crippen LogP contribution in [0.2, 0.25) is 5.02 Å². The smallest absolute Gasteiger partial charge is 0.228 e. The van der Waals surface area contributed by atoms with Crippen molar-refractivity contribution in [3.63, 3.8) is 0 Å². The number of benzene rings is 1. The summed E-state index contributed by atoms with van der Waals surface area (Å²) in [4.78, 5) is 11.9. The molecule has 100 valence electrons. The van der Waals surface area contributed by atoms with Crippen molar-refractivity contribution in [2.45, 2.75) is 20.3 Å². The third-order valence-electron chi connectivity index (χ3n) is 2.60. The fourth-order valence-electron chi connectivity index (χ4n) is 1.70. The maximum atomic E-state index is 13.0. The fourth-order valence-corrected chi connectivity index (χ4v) is 1.88. The number of rotatable bonds is 5. The van der Waals surface area contributed by atoms with E-state index in [0.29, 0.717) is 18.2 Å². The van der Waals surface area contributed by atoms with Gasteiger partial charge < -0.3 is 11.1 Å². The van der Waals surface area contributed by atoms with E-state index < -0.39 is 5.82 Å². The number of carbonyl (C=O) groups excluding carboxylic acids is 1. The van der Waals surface area contributed by atoms with Gasteiger partial charge in [-0.3, -0.25) is 4.79 Å². The third kappa shape index (κ3) is 4.27. The molecule has 0 bridgehead atoms. The van der Waals surface area contributed by atoms with E-state index in [2.05, 4.69) is 5.32 Å². The lowest BCUT2D eigenvalue weighted by Crippen LogP contribution is -2.30. The molecule has 1 aromatic carbocycles. The Bertz CT molecular complexity index is 423. The number of hydrogen-bond acceptors (Lipinski definition) is 2. The Balaban J connectivity index is 2.70. The first kappa shape index (κ1) is 14.9. The van der Waals surface area contributed by atoms with Crippen LogP contribution in [-0.2, 0) is 4.79 Å². The molecule has 0 aliphatic heterocycles. The highest BCUT2D eigenvalue weighted by atomic mass is 35.5. The number of nitrogens with two attached hydrogens (primary N) is 1. The molecule has 1 atom stereocenters. The average Bonchev–Trinajstić information content (AvgIpc) is 2.30. The van der Waals surface area contributed by atoms with E-state index in [4.69, 9.17) is 17.3 Å². The van der Waals surface area contributed by atoms with Crippen molar-refractivity contribution >= 4 is 23.2 Å². The van der Waals surface area contributed by atoms with Crippen LogP contribution in [0.5, 0.6) is 0 Å². The summed E-state index contributed by atoms with van der Waals surface area (Å²) in [5.74, 6) is -0.518. The van der Waals surface area contributed by atoms with Crippen molar-refractivity contribution in [3.05, 3.63) is 29.0 Å². The van der Waals surface area contributed by atoms with Crippen LogP contribution in [-0.4, -0.2) is 12.5 Å². The Kier molecular flexibility index (Phi) is 5.56. The molecule has 0 spiro atoms. The maximum absolute atomic E-state index is 13.0. The molecule has 3 nitrogen and oxygen atoms in total. The third-order valence-corrected chi connectivity index (χ3v) is 2.89. The summed E-state index contributed by atoms with van der Waals surface area (Å²) in [5, 5.41) is 2.68. The Morgan fingerprint density at radius 3 is 2.67 bits per heavy atom. The largest absolute Gasteiger partial charge is 0.330 e. The first-order valence-electron chi connectivity index (χ1n) is 5.90. The Labute approximate surface area is 112 Å². The number of amides is 1. The standard InChI is InChI=1S/C13H18ClFN2O/c1-8(2)5-9(7-16)13(18)17-10-3-4-12(15)11(14)6-10/h3-4,6,8-9H,5,7,16H2,1-2H3,(H,17,18). The summed E-state index contributed by atoms with van der Waals surface area (Å²) < 4.78 is 13.0. The minimum absolute atomic E-state index is 0.0130. The average molecular weight is 273 g/mol. The van der Waals surface area contributed by atoms with E-state index in [9.17, 15) is 9.18 Å². The number of halogens is 2. The second-order valence-electron chi connectivity index (χ2n) is 4.68. The second kappa shape index (κ2) is 6.71. The summed E-state index contributed by atoms with van der Waals surface area (Å²) in [6.45, 7) is 4.36. The van der Waals surface area contributed by atoms with Crippen LogP contribution in [0.1, 0.15) is 20.3 Å². The van der Waals surface area contributed by atoms with Crippen LogP contribution in [0.3, 0.4) is 0 Å². The first-order chi connectivity index (χ1) is 8.43. The number of hydrogen-bond donors (Lipinski definition) is 2. The highest BCUT2D eigenvalue weighted by Gasteiger charge is 2.18. The van der Waals surface area contributed by atoms with Gasteiger partial charge in [0, 0.05) is 12.2 Å². The van der Waals surface area contributed by atoms with E-state index in [1.54, 1.807) is 0 Å². The van der Waals surface area contributed by atoms with Gasteiger partial charge >= 0.3 is 0 Å². The zero-order valence-electron chi connectivity index (χ0n) is 10.5. The minimum atomic E-state index is -0.507. The van der Waals surface area contributed by atoms with Crippen LogP contribution in [0, 0.1) is 17.7 Å². The van der Waals surface area contributed by atoms with Crippen molar-refractivity contribution in [2.24, 2.45) is 17.6 Å². The van der Waals surface area contributed by atoms with Crippen LogP contribution in [0.25, 0.3) is 0 Å². The van der Waals surface area contributed by atoms with Crippen molar-refractivity contribution in [1.29, 1.82) is 0 Å². The number of anilines is 1. The van der Waals surface area contributed by atoms with E-state index in [1.807, 2.05) is 13.8 Å². The van der Waals surface area contributed by atoms with Crippen LogP contribution < -0.4 is 11.1 Å². The zero-order valence-corrected chi connectivity index (χ0v) is 11.3. The zero-order chi connectivity index (χ0) is 13.7. The van der Waals surface area contributed by atoms with Gasteiger partial charge in [-0.2, -0.15) is 0 Å². The molecule has 1 unspecified atom stereocenters. The van der Waals surface area contributed by atoms with Gasteiger partial charge in [-0.05, 0) is 30.5 Å². The first-order valence-corrected chi connectivity index (χ1v) is 6.27. The highest BCUT2D eigenvalue weighted by Crippen LogP contribution is 2.20. The summed E-state index contributed by atoms with van der Waals surface area (Å²) in [5.41, 5.74) is 6.06. The lowest BCUT2D eigenvalue weighted by molar-refractivity contribution is -0.120. The number of carbonyl (C=O) groups is 1. The van der Waals surface area contributed by atoms with Gasteiger partial charge in [-0.15, -0.1) is 0 Å². The molecule has 1 amide bonds. The summed E-state index contributed by atoms with van der Waals surface area (Å²) >= 11 is 5.64. The van der Waals surface area contributed by atoms with Gasteiger partial charge in [-0.1, -0.05) is 25.4 Å². The maximum Gasteiger partial charge on any atom is 0.228 e. The van der Waals surface area contributed by atoms with Gasteiger partial charge in [0.1, 0.15) is 5.82 Å². The molecule has 0 radical (unpaired) electrons. The van der Waals surface area contributed by atoms with Crippen molar-refractivity contribution in [3.8, 4) is 0 Å². The van der Waals surface area contributed by atoms with Crippen LogP contribution >= 0.6 is 11.6 Å². The normalized spacial score (nSPS) is 12.6. The molecule has 0 aromatic heterocycles. The Morgan fingerprint density at radius 2 is 2.17 bits per heavy atom. The van der Waals surface area contributed by atoms with Crippen molar-refractivity contribution in [2.75, 3.05) is 11.9 Å². The molecular formula is C13H18ClFN2O. The van der Waals surface area contributed by atoms with Crippen molar-refractivity contribution < 1.29 is 9.18 Å².